The number of nitrogens with zero attached hydrogens (tertiary/aromatic N) is 2. The molecular formula is C23H28Cl2FN3O4S. The van der Waals surface area contributed by atoms with Crippen LogP contribution in [-0.2, 0) is 26.2 Å². The lowest BCUT2D eigenvalue weighted by molar-refractivity contribution is -0.139. The molecule has 186 valence electrons. The van der Waals surface area contributed by atoms with E-state index in [1.807, 2.05) is 13.8 Å². The number of carbonyl (C=O) groups is 2. The molecule has 1 N–H and O–H groups in total. The van der Waals surface area contributed by atoms with Gasteiger partial charge in [-0.05, 0) is 50.1 Å². The summed E-state index contributed by atoms with van der Waals surface area (Å²) in [4.78, 5) is 27.5. The second-order valence-corrected chi connectivity index (χ2v) is 10.7. The Bertz CT molecular complexity index is 1130. The Morgan fingerprint density at radius 1 is 1.09 bits per heavy atom. The van der Waals surface area contributed by atoms with Crippen molar-refractivity contribution in [2.75, 3.05) is 17.1 Å². The fourth-order valence-electron chi connectivity index (χ4n) is 3.11. The van der Waals surface area contributed by atoms with Gasteiger partial charge in [0.05, 0.1) is 22.0 Å². The molecule has 0 aromatic heterocycles. The summed E-state index contributed by atoms with van der Waals surface area (Å²) in [6.45, 7) is 4.66. The van der Waals surface area contributed by atoms with Gasteiger partial charge in [0.25, 0.3) is 0 Å². The average Bonchev–Trinajstić information content (AvgIpc) is 2.77. The van der Waals surface area contributed by atoms with Gasteiger partial charge in [0.2, 0.25) is 21.8 Å². The van der Waals surface area contributed by atoms with E-state index < -0.39 is 40.2 Å². The Hall–Kier alpha value is -2.36. The molecule has 0 radical (unpaired) electrons. The van der Waals surface area contributed by atoms with Gasteiger partial charge in [-0.15, -0.1) is 0 Å². The fourth-order valence-corrected chi connectivity index (χ4v) is 4.42. The molecule has 34 heavy (non-hydrogen) atoms. The monoisotopic (exact) mass is 531 g/mol. The Balaban J connectivity index is 2.42. The van der Waals surface area contributed by atoms with Crippen molar-refractivity contribution in [3.8, 4) is 0 Å². The van der Waals surface area contributed by atoms with Gasteiger partial charge in [-0.3, -0.25) is 13.9 Å². The zero-order chi connectivity index (χ0) is 25.6. The Kier molecular flexibility index (Phi) is 9.73. The first-order valence-corrected chi connectivity index (χ1v) is 13.2. The minimum Gasteiger partial charge on any atom is -0.352 e. The summed E-state index contributed by atoms with van der Waals surface area (Å²) in [5, 5.41) is 2.94. The maximum absolute atomic E-state index is 13.4. The maximum atomic E-state index is 13.4. The van der Waals surface area contributed by atoms with E-state index in [1.54, 1.807) is 6.92 Å². The number of halogens is 3. The van der Waals surface area contributed by atoms with Crippen LogP contribution in [-0.4, -0.2) is 50.0 Å². The Labute approximate surface area is 209 Å². The minimum atomic E-state index is -3.94. The van der Waals surface area contributed by atoms with Gasteiger partial charge in [0, 0.05) is 12.6 Å². The lowest BCUT2D eigenvalue weighted by Crippen LogP contribution is -2.52. The molecule has 0 bridgehead atoms. The Morgan fingerprint density at radius 2 is 1.71 bits per heavy atom. The SMILES string of the molecule is CC[C@H](C)NC(=O)[C@@H](C)N(Cc1ccc(F)cc1)C(=O)CN(c1cccc(Cl)c1Cl)S(C)(=O)=O. The third-order valence-electron chi connectivity index (χ3n) is 5.31. The van der Waals surface area contributed by atoms with Crippen molar-refractivity contribution in [2.45, 2.75) is 45.8 Å². The van der Waals surface area contributed by atoms with Gasteiger partial charge in [0.15, 0.2) is 0 Å². The largest absolute Gasteiger partial charge is 0.352 e. The number of amides is 2. The van der Waals surface area contributed by atoms with Crippen molar-refractivity contribution in [1.29, 1.82) is 0 Å². The highest BCUT2D eigenvalue weighted by Crippen LogP contribution is 2.33. The van der Waals surface area contributed by atoms with Gasteiger partial charge in [0.1, 0.15) is 18.4 Å². The van der Waals surface area contributed by atoms with Crippen molar-refractivity contribution in [1.82, 2.24) is 10.2 Å². The predicted molar refractivity (Wildman–Crippen MR) is 133 cm³/mol. The molecule has 2 atom stereocenters. The van der Waals surface area contributed by atoms with Gasteiger partial charge in [-0.1, -0.05) is 48.3 Å². The van der Waals surface area contributed by atoms with Crippen LogP contribution >= 0.6 is 23.2 Å². The van der Waals surface area contributed by atoms with Gasteiger partial charge >= 0.3 is 0 Å². The standard InChI is InChI=1S/C23H28Cl2FN3O4S/c1-5-15(2)27-23(31)16(3)28(13-17-9-11-18(26)12-10-17)21(30)14-29(34(4,32)33)20-8-6-7-19(24)22(20)25/h6-12,15-16H,5,13-14H2,1-4H3,(H,27,31)/t15-,16+/m0/s1. The minimum absolute atomic E-state index is 0.0185. The topological polar surface area (TPSA) is 86.8 Å². The number of benzene rings is 2. The summed E-state index contributed by atoms with van der Waals surface area (Å²) in [5.74, 6) is -1.47. The first-order valence-electron chi connectivity index (χ1n) is 10.6. The van der Waals surface area contributed by atoms with Gasteiger partial charge < -0.3 is 10.2 Å². The second kappa shape index (κ2) is 11.9. The first-order chi connectivity index (χ1) is 15.8. The van der Waals surface area contributed by atoms with Crippen LogP contribution in [0, 0.1) is 5.82 Å². The van der Waals surface area contributed by atoms with E-state index in [0.717, 1.165) is 10.6 Å². The average molecular weight is 532 g/mol. The fraction of sp³-hybridized carbons (Fsp3) is 0.391. The summed E-state index contributed by atoms with van der Waals surface area (Å²) in [6.07, 6.45) is 1.64. The zero-order valence-corrected chi connectivity index (χ0v) is 21.7. The highest BCUT2D eigenvalue weighted by Gasteiger charge is 2.31. The lowest BCUT2D eigenvalue weighted by Gasteiger charge is -2.32. The molecule has 2 aromatic rings. The summed E-state index contributed by atoms with van der Waals surface area (Å²) in [5.41, 5.74) is 0.619. The van der Waals surface area contributed by atoms with Crippen LogP contribution in [0.15, 0.2) is 42.5 Å². The summed E-state index contributed by atoms with van der Waals surface area (Å²) in [6, 6.07) is 8.90. The highest BCUT2D eigenvalue weighted by molar-refractivity contribution is 7.92. The van der Waals surface area contributed by atoms with Crippen molar-refractivity contribution in [3.63, 3.8) is 0 Å². The van der Waals surface area contributed by atoms with Crippen LogP contribution in [0.5, 0.6) is 0 Å². The van der Waals surface area contributed by atoms with E-state index in [4.69, 9.17) is 23.2 Å². The second-order valence-electron chi connectivity index (χ2n) is 7.98. The zero-order valence-electron chi connectivity index (χ0n) is 19.4. The Morgan fingerprint density at radius 3 is 2.26 bits per heavy atom. The molecule has 0 fully saturated rings. The third-order valence-corrected chi connectivity index (χ3v) is 7.25. The van der Waals surface area contributed by atoms with Crippen molar-refractivity contribution in [3.05, 3.63) is 63.9 Å². The van der Waals surface area contributed by atoms with Crippen molar-refractivity contribution < 1.29 is 22.4 Å². The maximum Gasteiger partial charge on any atom is 0.244 e. The first kappa shape index (κ1) is 27.9. The molecule has 0 spiro atoms. The van der Waals surface area contributed by atoms with E-state index in [2.05, 4.69) is 5.32 Å². The van der Waals surface area contributed by atoms with Crippen LogP contribution < -0.4 is 9.62 Å². The molecule has 0 unspecified atom stereocenters. The van der Waals surface area contributed by atoms with E-state index in [9.17, 15) is 22.4 Å². The summed E-state index contributed by atoms with van der Waals surface area (Å²) in [7, 11) is -3.94. The van der Waals surface area contributed by atoms with E-state index >= 15 is 0 Å². The highest BCUT2D eigenvalue weighted by atomic mass is 35.5. The van der Waals surface area contributed by atoms with Crippen molar-refractivity contribution in [2.24, 2.45) is 0 Å². The number of anilines is 1. The van der Waals surface area contributed by atoms with Crippen LogP contribution in [0.25, 0.3) is 0 Å². The molecule has 0 saturated heterocycles. The molecule has 0 aliphatic heterocycles. The molecule has 0 heterocycles. The molecule has 0 aliphatic rings. The number of sulfonamides is 1. The predicted octanol–water partition coefficient (Wildman–Crippen LogP) is 4.23. The van der Waals surface area contributed by atoms with E-state index in [-0.39, 0.29) is 28.3 Å². The summed E-state index contributed by atoms with van der Waals surface area (Å²) < 4.78 is 39.4. The number of hydrogen-bond acceptors (Lipinski definition) is 4. The van der Waals surface area contributed by atoms with Gasteiger partial charge in [-0.2, -0.15) is 0 Å². The van der Waals surface area contributed by atoms with Crippen molar-refractivity contribution >= 4 is 50.7 Å². The molecule has 2 rings (SSSR count). The number of carbonyl (C=O) groups excluding carboxylic acids is 2. The summed E-state index contributed by atoms with van der Waals surface area (Å²) >= 11 is 12.3. The number of rotatable bonds is 10. The molecule has 2 aromatic carbocycles. The van der Waals surface area contributed by atoms with E-state index in [0.29, 0.717) is 12.0 Å². The van der Waals surface area contributed by atoms with Crippen LogP contribution in [0.2, 0.25) is 10.0 Å². The molecule has 2 amide bonds. The van der Waals surface area contributed by atoms with Crippen LogP contribution in [0.3, 0.4) is 0 Å². The quantitative estimate of drug-likeness (QED) is 0.496. The van der Waals surface area contributed by atoms with Crippen LogP contribution in [0.1, 0.15) is 32.8 Å². The third kappa shape index (κ3) is 7.32. The molecule has 0 saturated carbocycles. The number of hydrogen-bond donors (Lipinski definition) is 1. The van der Waals surface area contributed by atoms with Gasteiger partial charge in [-0.25, -0.2) is 12.8 Å². The van der Waals surface area contributed by atoms with E-state index in [1.165, 1.54) is 47.4 Å². The lowest BCUT2D eigenvalue weighted by atomic mass is 10.1. The molecular weight excluding hydrogens is 504 g/mol. The molecule has 7 nitrogen and oxygen atoms in total. The number of nitrogens with one attached hydrogen (secondary N) is 1. The van der Waals surface area contributed by atoms with Crippen LogP contribution in [0.4, 0.5) is 10.1 Å². The normalized spacial score (nSPS) is 13.1. The molecule has 0 aliphatic carbocycles. The molecule has 11 heteroatoms. The smallest absolute Gasteiger partial charge is 0.244 e.